The Kier molecular flexibility index (Phi) is 8.86. The Labute approximate surface area is 178 Å². The molecule has 0 bridgehead atoms. The van der Waals surface area contributed by atoms with Crippen LogP contribution in [0.4, 0.5) is 0 Å². The van der Waals surface area contributed by atoms with Crippen LogP contribution in [0.25, 0.3) is 12.2 Å². The molecule has 1 nitrogen and oxygen atoms in total. The monoisotopic (exact) mass is 390 g/mol. The van der Waals surface area contributed by atoms with Gasteiger partial charge in [0.25, 0.3) is 0 Å². The highest BCUT2D eigenvalue weighted by molar-refractivity contribution is 5.69. The fraction of sp³-hybridized carbons (Fsp3) is 0.500. The number of hydrogen-bond donors (Lipinski definition) is 0. The Balaban J connectivity index is 1.47. The first kappa shape index (κ1) is 21.7. The molecule has 1 fully saturated rings. The van der Waals surface area contributed by atoms with Gasteiger partial charge in [-0.1, -0.05) is 88.1 Å². The van der Waals surface area contributed by atoms with Gasteiger partial charge in [0.05, 0.1) is 6.61 Å². The quantitative estimate of drug-likeness (QED) is 0.292. The third kappa shape index (κ3) is 7.07. The van der Waals surface area contributed by atoms with Gasteiger partial charge >= 0.3 is 0 Å². The maximum Gasteiger partial charge on any atom is 0.119 e. The summed E-state index contributed by atoms with van der Waals surface area (Å²) in [5, 5.41) is 0. The van der Waals surface area contributed by atoms with Gasteiger partial charge in [-0.3, -0.25) is 0 Å². The largest absolute Gasteiger partial charge is 0.494 e. The molecule has 0 aromatic heterocycles. The van der Waals surface area contributed by atoms with Crippen LogP contribution in [0.2, 0.25) is 0 Å². The zero-order chi connectivity index (χ0) is 20.3. The van der Waals surface area contributed by atoms with E-state index in [9.17, 15) is 0 Å². The smallest absolute Gasteiger partial charge is 0.119 e. The second-order valence-corrected chi connectivity index (χ2v) is 8.60. The predicted octanol–water partition coefficient (Wildman–Crippen LogP) is 8.50. The lowest BCUT2D eigenvalue weighted by molar-refractivity contribution is 0.305. The van der Waals surface area contributed by atoms with Gasteiger partial charge in [-0.2, -0.15) is 0 Å². The number of unbranched alkanes of at least 4 members (excludes halogenated alkanes) is 3. The van der Waals surface area contributed by atoms with Gasteiger partial charge in [-0.25, -0.2) is 0 Å². The molecule has 0 N–H and O–H groups in total. The Hall–Kier alpha value is -2.02. The number of ether oxygens (including phenoxy) is 1. The van der Waals surface area contributed by atoms with Crippen LogP contribution in [-0.2, 0) is 0 Å². The fourth-order valence-electron chi connectivity index (χ4n) is 4.37. The van der Waals surface area contributed by atoms with Crippen molar-refractivity contribution in [3.63, 3.8) is 0 Å². The molecule has 0 spiro atoms. The highest BCUT2D eigenvalue weighted by atomic mass is 16.5. The van der Waals surface area contributed by atoms with Gasteiger partial charge in [-0.05, 0) is 72.8 Å². The van der Waals surface area contributed by atoms with Crippen molar-refractivity contribution in [1.29, 1.82) is 0 Å². The molecule has 29 heavy (non-hydrogen) atoms. The zero-order valence-electron chi connectivity index (χ0n) is 18.4. The summed E-state index contributed by atoms with van der Waals surface area (Å²) >= 11 is 0. The molecular formula is C28H38O. The molecular weight excluding hydrogens is 352 g/mol. The van der Waals surface area contributed by atoms with Gasteiger partial charge in [0.15, 0.2) is 0 Å². The molecule has 1 aliphatic carbocycles. The minimum absolute atomic E-state index is 0.769. The Morgan fingerprint density at radius 2 is 1.38 bits per heavy atom. The van der Waals surface area contributed by atoms with E-state index in [0.717, 1.165) is 30.6 Å². The van der Waals surface area contributed by atoms with Crippen molar-refractivity contribution in [2.24, 2.45) is 5.92 Å². The van der Waals surface area contributed by atoms with Gasteiger partial charge < -0.3 is 4.74 Å². The summed E-state index contributed by atoms with van der Waals surface area (Å²) < 4.78 is 5.83. The Morgan fingerprint density at radius 3 is 1.97 bits per heavy atom. The fourth-order valence-corrected chi connectivity index (χ4v) is 4.37. The van der Waals surface area contributed by atoms with Gasteiger partial charge in [0.1, 0.15) is 5.75 Å². The van der Waals surface area contributed by atoms with Gasteiger partial charge in [0.2, 0.25) is 0 Å². The maximum atomic E-state index is 5.83. The molecule has 3 rings (SSSR count). The van der Waals surface area contributed by atoms with Crippen LogP contribution < -0.4 is 4.74 Å². The van der Waals surface area contributed by atoms with E-state index >= 15 is 0 Å². The first-order chi connectivity index (χ1) is 14.3. The number of benzene rings is 2. The molecule has 0 atom stereocenters. The van der Waals surface area contributed by atoms with Crippen LogP contribution in [0, 0.1) is 5.92 Å². The minimum atomic E-state index is 0.769. The van der Waals surface area contributed by atoms with Crippen molar-refractivity contribution in [2.75, 3.05) is 6.61 Å². The molecule has 1 heteroatoms. The molecule has 0 radical (unpaired) electrons. The van der Waals surface area contributed by atoms with Crippen molar-refractivity contribution in [2.45, 2.75) is 77.6 Å². The van der Waals surface area contributed by atoms with Crippen molar-refractivity contribution >= 4 is 12.2 Å². The summed E-state index contributed by atoms with van der Waals surface area (Å²) in [4.78, 5) is 0. The van der Waals surface area contributed by atoms with Crippen LogP contribution >= 0.6 is 0 Å². The molecule has 156 valence electrons. The summed E-state index contributed by atoms with van der Waals surface area (Å²) in [6, 6.07) is 17.6. The summed E-state index contributed by atoms with van der Waals surface area (Å²) in [5.74, 6) is 2.71. The normalized spacial score (nSPS) is 19.5. The first-order valence-corrected chi connectivity index (χ1v) is 11.8. The minimum Gasteiger partial charge on any atom is -0.494 e. The van der Waals surface area contributed by atoms with E-state index in [4.69, 9.17) is 4.74 Å². The third-order valence-electron chi connectivity index (χ3n) is 6.45. The Morgan fingerprint density at radius 1 is 0.759 bits per heavy atom. The predicted molar refractivity (Wildman–Crippen MR) is 126 cm³/mol. The van der Waals surface area contributed by atoms with Gasteiger partial charge in [0, 0.05) is 0 Å². The number of hydrogen-bond acceptors (Lipinski definition) is 1. The zero-order valence-corrected chi connectivity index (χ0v) is 18.4. The second-order valence-electron chi connectivity index (χ2n) is 8.60. The maximum absolute atomic E-state index is 5.83. The summed E-state index contributed by atoms with van der Waals surface area (Å²) in [6.45, 7) is 5.39. The average molecular weight is 391 g/mol. The molecule has 2 aromatic rings. The summed E-state index contributed by atoms with van der Waals surface area (Å²) in [6.07, 6.45) is 16.2. The van der Waals surface area contributed by atoms with E-state index in [1.165, 1.54) is 68.1 Å². The van der Waals surface area contributed by atoms with E-state index in [1.807, 2.05) is 0 Å². The lowest BCUT2D eigenvalue weighted by Gasteiger charge is -2.28. The van der Waals surface area contributed by atoms with Crippen LogP contribution in [-0.4, -0.2) is 6.61 Å². The molecule has 0 aliphatic heterocycles. The van der Waals surface area contributed by atoms with Gasteiger partial charge in [-0.15, -0.1) is 0 Å². The Bertz CT molecular complexity index is 718. The highest BCUT2D eigenvalue weighted by Crippen LogP contribution is 2.37. The topological polar surface area (TPSA) is 9.23 Å². The van der Waals surface area contributed by atoms with E-state index < -0.39 is 0 Å². The molecule has 0 heterocycles. The van der Waals surface area contributed by atoms with Crippen molar-refractivity contribution in [3.8, 4) is 5.75 Å². The highest BCUT2D eigenvalue weighted by Gasteiger charge is 2.20. The van der Waals surface area contributed by atoms with Crippen LogP contribution in [0.15, 0.2) is 48.5 Å². The van der Waals surface area contributed by atoms with Crippen molar-refractivity contribution in [1.82, 2.24) is 0 Å². The van der Waals surface area contributed by atoms with E-state index in [-0.39, 0.29) is 0 Å². The van der Waals surface area contributed by atoms with Crippen molar-refractivity contribution in [3.05, 3.63) is 65.2 Å². The lowest BCUT2D eigenvalue weighted by Crippen LogP contribution is -2.12. The lowest BCUT2D eigenvalue weighted by atomic mass is 9.78. The van der Waals surface area contributed by atoms with E-state index in [1.54, 1.807) is 0 Å². The molecule has 0 unspecified atom stereocenters. The summed E-state index contributed by atoms with van der Waals surface area (Å²) in [5.41, 5.74) is 4.01. The first-order valence-electron chi connectivity index (χ1n) is 11.8. The van der Waals surface area contributed by atoms with Crippen LogP contribution in [0.1, 0.15) is 94.2 Å². The molecule has 0 saturated heterocycles. The van der Waals surface area contributed by atoms with Crippen molar-refractivity contribution < 1.29 is 4.74 Å². The molecule has 1 saturated carbocycles. The molecule has 2 aromatic carbocycles. The van der Waals surface area contributed by atoms with Crippen LogP contribution in [0.3, 0.4) is 0 Å². The number of rotatable bonds is 10. The average Bonchev–Trinajstić information content (AvgIpc) is 2.79. The standard InChI is InChI=1S/C28H38O/c1-3-5-6-7-22-29-28-20-14-25(15-21-28)9-8-24-12-18-27(19-13-24)26-16-10-23(4-2)11-17-26/h8-9,12-15,18-21,23,26H,3-7,10-11,16-17,22H2,1-2H3/b9-8+. The SMILES string of the molecule is CCCCCCOc1ccc(/C=C/c2ccc(C3CCC(CC)CC3)cc2)cc1. The van der Waals surface area contributed by atoms with E-state index in [2.05, 4.69) is 74.5 Å². The van der Waals surface area contributed by atoms with E-state index in [0.29, 0.717) is 0 Å². The third-order valence-corrected chi connectivity index (χ3v) is 6.45. The van der Waals surface area contributed by atoms with Crippen LogP contribution in [0.5, 0.6) is 5.75 Å². The molecule has 0 amide bonds. The molecule has 1 aliphatic rings. The second kappa shape index (κ2) is 11.9. The summed E-state index contributed by atoms with van der Waals surface area (Å²) in [7, 11) is 0.